The second-order valence-electron chi connectivity index (χ2n) is 4.68. The molecule has 2 heteroatoms. The summed E-state index contributed by atoms with van der Waals surface area (Å²) in [5, 5.41) is 0. The van der Waals surface area contributed by atoms with E-state index in [2.05, 4.69) is 31.2 Å². The van der Waals surface area contributed by atoms with Crippen molar-refractivity contribution in [2.75, 3.05) is 7.11 Å². The number of esters is 1. The molecular weight excluding hydrogens is 236 g/mol. The summed E-state index contributed by atoms with van der Waals surface area (Å²) in [5.41, 5.74) is 4.61. The molecule has 1 unspecified atom stereocenters. The van der Waals surface area contributed by atoms with Crippen molar-refractivity contribution in [1.29, 1.82) is 0 Å². The zero-order chi connectivity index (χ0) is 13.8. The third-order valence-corrected chi connectivity index (χ3v) is 3.42. The molecule has 0 aliphatic rings. The summed E-state index contributed by atoms with van der Waals surface area (Å²) in [6.07, 6.45) is 0. The number of aryl methyl sites for hydroxylation is 1. The summed E-state index contributed by atoms with van der Waals surface area (Å²) in [6.45, 7) is 3.95. The molecule has 98 valence electrons. The van der Waals surface area contributed by atoms with E-state index >= 15 is 0 Å². The zero-order valence-electron chi connectivity index (χ0n) is 11.5. The molecule has 0 radical (unpaired) electrons. The molecule has 2 aromatic rings. The highest BCUT2D eigenvalue weighted by Gasteiger charge is 2.15. The molecule has 19 heavy (non-hydrogen) atoms. The molecule has 0 spiro atoms. The van der Waals surface area contributed by atoms with Crippen LogP contribution in [0.2, 0.25) is 0 Å². The highest BCUT2D eigenvalue weighted by atomic mass is 16.5. The van der Waals surface area contributed by atoms with Gasteiger partial charge in [0.05, 0.1) is 13.0 Å². The fourth-order valence-electron chi connectivity index (χ4n) is 2.16. The lowest BCUT2D eigenvalue weighted by Crippen LogP contribution is -2.10. The Labute approximate surface area is 114 Å². The molecule has 0 aliphatic heterocycles. The molecule has 0 saturated carbocycles. The van der Waals surface area contributed by atoms with Crippen LogP contribution in [0.5, 0.6) is 0 Å². The molecule has 2 aromatic carbocycles. The van der Waals surface area contributed by atoms with E-state index in [1.165, 1.54) is 23.8 Å². The number of hydrogen-bond donors (Lipinski definition) is 0. The van der Waals surface area contributed by atoms with E-state index in [4.69, 9.17) is 4.74 Å². The maximum atomic E-state index is 11.5. The quantitative estimate of drug-likeness (QED) is 0.775. The van der Waals surface area contributed by atoms with Crippen molar-refractivity contribution < 1.29 is 9.53 Å². The number of benzene rings is 2. The second-order valence-corrected chi connectivity index (χ2v) is 4.68. The van der Waals surface area contributed by atoms with Gasteiger partial charge in [-0.05, 0) is 36.1 Å². The number of rotatable bonds is 3. The molecule has 0 heterocycles. The van der Waals surface area contributed by atoms with Crippen LogP contribution in [0.15, 0.2) is 48.5 Å². The van der Waals surface area contributed by atoms with Gasteiger partial charge in [0.15, 0.2) is 0 Å². The highest BCUT2D eigenvalue weighted by Crippen LogP contribution is 2.25. The van der Waals surface area contributed by atoms with Crippen molar-refractivity contribution in [1.82, 2.24) is 0 Å². The predicted molar refractivity (Wildman–Crippen MR) is 77.0 cm³/mol. The normalized spacial score (nSPS) is 11.9. The third kappa shape index (κ3) is 2.84. The standard InChI is InChI=1S/C17H18O2/c1-12-6-4-5-7-16(12)15-10-8-14(9-11-15)13(2)17(18)19-3/h4-11,13H,1-3H3. The van der Waals surface area contributed by atoms with Gasteiger partial charge >= 0.3 is 5.97 Å². The van der Waals surface area contributed by atoms with Gasteiger partial charge in [-0.1, -0.05) is 48.5 Å². The molecule has 0 aliphatic carbocycles. The van der Waals surface area contributed by atoms with Crippen LogP contribution in [-0.2, 0) is 9.53 Å². The van der Waals surface area contributed by atoms with E-state index in [-0.39, 0.29) is 11.9 Å². The SMILES string of the molecule is COC(=O)C(C)c1ccc(-c2ccccc2C)cc1. The lowest BCUT2D eigenvalue weighted by atomic mass is 9.96. The monoisotopic (exact) mass is 254 g/mol. The van der Waals surface area contributed by atoms with Crippen molar-refractivity contribution in [2.24, 2.45) is 0 Å². The molecule has 0 aromatic heterocycles. The van der Waals surface area contributed by atoms with Crippen LogP contribution < -0.4 is 0 Å². The van der Waals surface area contributed by atoms with Crippen LogP contribution in [0.1, 0.15) is 24.0 Å². The van der Waals surface area contributed by atoms with E-state index in [1.54, 1.807) is 0 Å². The Morgan fingerprint density at radius 1 is 1.05 bits per heavy atom. The third-order valence-electron chi connectivity index (χ3n) is 3.42. The van der Waals surface area contributed by atoms with Crippen LogP contribution in [-0.4, -0.2) is 13.1 Å². The molecule has 1 atom stereocenters. The first-order chi connectivity index (χ1) is 9.13. The Bertz CT molecular complexity index is 570. The van der Waals surface area contributed by atoms with Crippen molar-refractivity contribution in [2.45, 2.75) is 19.8 Å². The van der Waals surface area contributed by atoms with Gasteiger partial charge in [0.2, 0.25) is 0 Å². The topological polar surface area (TPSA) is 26.3 Å². The van der Waals surface area contributed by atoms with E-state index < -0.39 is 0 Å². The first-order valence-corrected chi connectivity index (χ1v) is 6.37. The summed E-state index contributed by atoms with van der Waals surface area (Å²) >= 11 is 0. The van der Waals surface area contributed by atoms with Crippen LogP contribution in [0.4, 0.5) is 0 Å². The zero-order valence-corrected chi connectivity index (χ0v) is 11.5. The van der Waals surface area contributed by atoms with Crippen LogP contribution in [0.3, 0.4) is 0 Å². The fraction of sp³-hybridized carbons (Fsp3) is 0.235. The van der Waals surface area contributed by atoms with E-state index in [0.29, 0.717) is 0 Å². The lowest BCUT2D eigenvalue weighted by Gasteiger charge is -2.11. The summed E-state index contributed by atoms with van der Waals surface area (Å²) in [5.74, 6) is -0.431. The summed E-state index contributed by atoms with van der Waals surface area (Å²) < 4.78 is 4.76. The molecule has 0 amide bonds. The highest BCUT2D eigenvalue weighted by molar-refractivity contribution is 5.78. The molecule has 0 N–H and O–H groups in total. The molecule has 0 saturated heterocycles. The maximum absolute atomic E-state index is 11.5. The van der Waals surface area contributed by atoms with Crippen molar-refractivity contribution >= 4 is 5.97 Å². The maximum Gasteiger partial charge on any atom is 0.312 e. The molecule has 0 bridgehead atoms. The smallest absolute Gasteiger partial charge is 0.312 e. The van der Waals surface area contributed by atoms with E-state index in [1.807, 2.05) is 31.2 Å². The van der Waals surface area contributed by atoms with Crippen molar-refractivity contribution in [3.05, 3.63) is 59.7 Å². The number of carbonyl (C=O) groups excluding carboxylic acids is 1. The lowest BCUT2D eigenvalue weighted by molar-refractivity contribution is -0.141. The van der Waals surface area contributed by atoms with Crippen molar-refractivity contribution in [3.63, 3.8) is 0 Å². The first-order valence-electron chi connectivity index (χ1n) is 6.37. The average molecular weight is 254 g/mol. The van der Waals surface area contributed by atoms with Gasteiger partial charge in [-0.15, -0.1) is 0 Å². The predicted octanol–water partition coefficient (Wildman–Crippen LogP) is 3.94. The molecular formula is C17H18O2. The minimum Gasteiger partial charge on any atom is -0.469 e. The van der Waals surface area contributed by atoms with Crippen LogP contribution in [0.25, 0.3) is 11.1 Å². The molecule has 2 rings (SSSR count). The van der Waals surface area contributed by atoms with Gasteiger partial charge in [-0.2, -0.15) is 0 Å². The summed E-state index contributed by atoms with van der Waals surface area (Å²) in [7, 11) is 1.42. The molecule has 0 fully saturated rings. The van der Waals surface area contributed by atoms with Gasteiger partial charge in [0.1, 0.15) is 0 Å². The van der Waals surface area contributed by atoms with Gasteiger partial charge in [-0.25, -0.2) is 0 Å². The average Bonchev–Trinajstić information content (AvgIpc) is 2.46. The Morgan fingerprint density at radius 2 is 1.68 bits per heavy atom. The number of hydrogen-bond acceptors (Lipinski definition) is 2. The fourth-order valence-corrected chi connectivity index (χ4v) is 2.16. The largest absolute Gasteiger partial charge is 0.469 e. The van der Waals surface area contributed by atoms with Gasteiger partial charge in [0.25, 0.3) is 0 Å². The van der Waals surface area contributed by atoms with Gasteiger partial charge < -0.3 is 4.74 Å². The van der Waals surface area contributed by atoms with Crippen LogP contribution >= 0.6 is 0 Å². The van der Waals surface area contributed by atoms with Gasteiger partial charge in [0, 0.05) is 0 Å². The minimum absolute atomic E-state index is 0.205. The Balaban J connectivity index is 2.29. The number of methoxy groups -OCH3 is 1. The second kappa shape index (κ2) is 5.70. The molecule has 2 nitrogen and oxygen atoms in total. The summed E-state index contributed by atoms with van der Waals surface area (Å²) in [4.78, 5) is 11.5. The van der Waals surface area contributed by atoms with Crippen LogP contribution in [0, 0.1) is 6.92 Å². The first kappa shape index (κ1) is 13.3. The van der Waals surface area contributed by atoms with Gasteiger partial charge in [-0.3, -0.25) is 4.79 Å². The minimum atomic E-state index is -0.226. The number of ether oxygens (including phenoxy) is 1. The van der Waals surface area contributed by atoms with E-state index in [9.17, 15) is 4.79 Å². The van der Waals surface area contributed by atoms with Crippen molar-refractivity contribution in [3.8, 4) is 11.1 Å². The Kier molecular flexibility index (Phi) is 4.00. The Morgan fingerprint density at radius 3 is 2.26 bits per heavy atom. The summed E-state index contributed by atoms with van der Waals surface area (Å²) in [6, 6.07) is 16.4. The Hall–Kier alpha value is -2.09. The number of carbonyl (C=O) groups is 1. The van der Waals surface area contributed by atoms with E-state index in [0.717, 1.165) is 5.56 Å².